The first-order valence-corrected chi connectivity index (χ1v) is 10.8. The zero-order valence-corrected chi connectivity index (χ0v) is 17.7. The van der Waals surface area contributed by atoms with Gasteiger partial charge < -0.3 is 10.0 Å². The van der Waals surface area contributed by atoms with Crippen LogP contribution >= 0.6 is 0 Å². The lowest BCUT2D eigenvalue weighted by atomic mass is 9.96. The van der Waals surface area contributed by atoms with Gasteiger partial charge in [0.05, 0.1) is 16.8 Å². The lowest BCUT2D eigenvalue weighted by Gasteiger charge is -2.40. The standard InChI is InChI=1S/C20H21F3N4O3S/c1-14-13-26(17-7-6-16(11-24)25-12-17)8-9-27(14)31(29,30)18-5-3-4-15(10-18)19(2,28)20(21,22)23/h3-7,10,12,14,28H,8-9,13H2,1-2H3/t14-,19?/m1/s1. The molecule has 1 aliphatic heterocycles. The molecule has 166 valence electrons. The second kappa shape index (κ2) is 8.11. The summed E-state index contributed by atoms with van der Waals surface area (Å²) < 4.78 is 67.1. The second-order valence-electron chi connectivity index (χ2n) is 7.52. The van der Waals surface area contributed by atoms with E-state index in [1.54, 1.807) is 19.1 Å². The number of anilines is 1. The number of nitriles is 1. The van der Waals surface area contributed by atoms with Crippen LogP contribution in [0.3, 0.4) is 0 Å². The molecule has 1 aromatic carbocycles. The van der Waals surface area contributed by atoms with Gasteiger partial charge in [-0.1, -0.05) is 12.1 Å². The third-order valence-corrected chi connectivity index (χ3v) is 7.36. The van der Waals surface area contributed by atoms with E-state index in [1.165, 1.54) is 22.6 Å². The summed E-state index contributed by atoms with van der Waals surface area (Å²) in [5.41, 5.74) is -2.71. The van der Waals surface area contributed by atoms with Crippen molar-refractivity contribution in [3.8, 4) is 6.07 Å². The first kappa shape index (κ1) is 23.0. The Hall–Kier alpha value is -2.68. The topological polar surface area (TPSA) is 97.5 Å². The summed E-state index contributed by atoms with van der Waals surface area (Å²) in [5.74, 6) is 0. The number of halogens is 3. The van der Waals surface area contributed by atoms with Crippen LogP contribution in [0.25, 0.3) is 0 Å². The van der Waals surface area contributed by atoms with Crippen molar-refractivity contribution in [3.05, 3.63) is 53.9 Å². The maximum absolute atomic E-state index is 13.2. The minimum atomic E-state index is -4.95. The molecule has 0 bridgehead atoms. The van der Waals surface area contributed by atoms with Gasteiger partial charge in [-0.25, -0.2) is 13.4 Å². The van der Waals surface area contributed by atoms with Crippen molar-refractivity contribution >= 4 is 15.7 Å². The van der Waals surface area contributed by atoms with E-state index in [4.69, 9.17) is 5.26 Å². The molecule has 0 aliphatic carbocycles. The van der Waals surface area contributed by atoms with Crippen LogP contribution < -0.4 is 4.90 Å². The van der Waals surface area contributed by atoms with Gasteiger partial charge in [-0.15, -0.1) is 0 Å². The minimum Gasteiger partial charge on any atom is -0.376 e. The molecule has 0 radical (unpaired) electrons. The summed E-state index contributed by atoms with van der Waals surface area (Å²) in [6.07, 6.45) is -3.42. The quantitative estimate of drug-likeness (QED) is 0.763. The Morgan fingerprint density at radius 1 is 1.23 bits per heavy atom. The molecule has 0 saturated carbocycles. The van der Waals surface area contributed by atoms with E-state index in [9.17, 15) is 26.7 Å². The van der Waals surface area contributed by atoms with E-state index in [1.807, 2.05) is 11.0 Å². The summed E-state index contributed by atoms with van der Waals surface area (Å²) in [6, 6.07) is 9.08. The van der Waals surface area contributed by atoms with E-state index in [-0.39, 0.29) is 17.1 Å². The average Bonchev–Trinajstić information content (AvgIpc) is 2.73. The molecular formula is C20H21F3N4O3S. The van der Waals surface area contributed by atoms with Crippen LogP contribution in [0.2, 0.25) is 0 Å². The van der Waals surface area contributed by atoms with Gasteiger partial charge in [-0.05, 0) is 43.7 Å². The van der Waals surface area contributed by atoms with Crippen LogP contribution in [-0.2, 0) is 15.6 Å². The zero-order chi connectivity index (χ0) is 23.0. The van der Waals surface area contributed by atoms with E-state index in [2.05, 4.69) is 4.98 Å². The molecule has 1 N–H and O–H groups in total. The van der Waals surface area contributed by atoms with Gasteiger partial charge in [-0.2, -0.15) is 22.7 Å². The number of aliphatic hydroxyl groups is 1. The van der Waals surface area contributed by atoms with E-state index in [0.717, 1.165) is 17.8 Å². The fourth-order valence-electron chi connectivity index (χ4n) is 3.43. The average molecular weight is 454 g/mol. The third kappa shape index (κ3) is 4.37. The van der Waals surface area contributed by atoms with Crippen molar-refractivity contribution in [2.24, 2.45) is 0 Å². The van der Waals surface area contributed by atoms with Crippen molar-refractivity contribution in [1.29, 1.82) is 5.26 Å². The molecule has 2 atom stereocenters. The molecule has 1 saturated heterocycles. The Labute approximate surface area is 178 Å². The van der Waals surface area contributed by atoms with Crippen molar-refractivity contribution in [3.63, 3.8) is 0 Å². The number of alkyl halides is 3. The summed E-state index contributed by atoms with van der Waals surface area (Å²) >= 11 is 0. The summed E-state index contributed by atoms with van der Waals surface area (Å²) in [7, 11) is -4.09. The summed E-state index contributed by atoms with van der Waals surface area (Å²) in [4.78, 5) is 5.63. The molecule has 7 nitrogen and oxygen atoms in total. The number of hydrogen-bond donors (Lipinski definition) is 1. The molecule has 1 fully saturated rings. The lowest BCUT2D eigenvalue weighted by Crippen LogP contribution is -2.54. The van der Waals surface area contributed by atoms with Gasteiger partial charge in [0.2, 0.25) is 10.0 Å². The molecule has 1 aromatic heterocycles. The maximum Gasteiger partial charge on any atom is 0.421 e. The Bertz CT molecular complexity index is 1100. The molecular weight excluding hydrogens is 433 g/mol. The molecule has 1 aliphatic rings. The second-order valence-corrected chi connectivity index (χ2v) is 9.41. The predicted octanol–water partition coefficient (Wildman–Crippen LogP) is 2.62. The van der Waals surface area contributed by atoms with Crippen LogP contribution in [-0.4, -0.2) is 54.7 Å². The van der Waals surface area contributed by atoms with Crippen LogP contribution in [0.5, 0.6) is 0 Å². The molecule has 31 heavy (non-hydrogen) atoms. The highest BCUT2D eigenvalue weighted by Gasteiger charge is 2.51. The Kier molecular flexibility index (Phi) is 6.01. The van der Waals surface area contributed by atoms with Crippen molar-refractivity contribution in [2.75, 3.05) is 24.5 Å². The third-order valence-electron chi connectivity index (χ3n) is 5.35. The summed E-state index contributed by atoms with van der Waals surface area (Å²) in [6.45, 7) is 3.09. The number of hydrogen-bond acceptors (Lipinski definition) is 6. The van der Waals surface area contributed by atoms with Gasteiger partial charge in [0, 0.05) is 25.7 Å². The molecule has 2 aromatic rings. The molecule has 1 unspecified atom stereocenters. The van der Waals surface area contributed by atoms with Gasteiger partial charge in [-0.3, -0.25) is 0 Å². The number of benzene rings is 1. The lowest BCUT2D eigenvalue weighted by molar-refractivity contribution is -0.258. The highest BCUT2D eigenvalue weighted by atomic mass is 32.2. The Balaban J connectivity index is 1.83. The predicted molar refractivity (Wildman–Crippen MR) is 107 cm³/mol. The van der Waals surface area contributed by atoms with E-state index in [0.29, 0.717) is 20.0 Å². The first-order chi connectivity index (χ1) is 14.4. The smallest absolute Gasteiger partial charge is 0.376 e. The largest absolute Gasteiger partial charge is 0.421 e. The van der Waals surface area contributed by atoms with Crippen molar-refractivity contribution < 1.29 is 26.7 Å². The van der Waals surface area contributed by atoms with Crippen LogP contribution in [0.1, 0.15) is 25.1 Å². The number of sulfonamides is 1. The highest BCUT2D eigenvalue weighted by Crippen LogP contribution is 2.39. The highest BCUT2D eigenvalue weighted by molar-refractivity contribution is 7.89. The number of piperazine rings is 1. The normalized spacial score (nSPS) is 20.2. The van der Waals surface area contributed by atoms with E-state index < -0.39 is 33.4 Å². The Morgan fingerprint density at radius 2 is 1.94 bits per heavy atom. The number of aromatic nitrogens is 1. The van der Waals surface area contributed by atoms with Crippen molar-refractivity contribution in [1.82, 2.24) is 9.29 Å². The zero-order valence-electron chi connectivity index (χ0n) is 16.8. The molecule has 3 rings (SSSR count). The first-order valence-electron chi connectivity index (χ1n) is 9.40. The molecule has 11 heteroatoms. The molecule has 2 heterocycles. The monoisotopic (exact) mass is 454 g/mol. The van der Waals surface area contributed by atoms with Gasteiger partial charge >= 0.3 is 6.18 Å². The Morgan fingerprint density at radius 3 is 2.48 bits per heavy atom. The van der Waals surface area contributed by atoms with Crippen molar-refractivity contribution in [2.45, 2.75) is 36.6 Å². The van der Waals surface area contributed by atoms with Gasteiger partial charge in [0.1, 0.15) is 11.8 Å². The summed E-state index contributed by atoms with van der Waals surface area (Å²) in [5, 5.41) is 18.8. The maximum atomic E-state index is 13.2. The van der Waals surface area contributed by atoms with E-state index >= 15 is 0 Å². The fraction of sp³-hybridized carbons (Fsp3) is 0.400. The minimum absolute atomic E-state index is 0.114. The van der Waals surface area contributed by atoms with Gasteiger partial charge in [0.25, 0.3) is 0 Å². The number of rotatable bonds is 4. The fourth-order valence-corrected chi connectivity index (χ4v) is 5.09. The number of pyridine rings is 1. The SMILES string of the molecule is C[C@@H]1CN(c2ccc(C#N)nc2)CCN1S(=O)(=O)c1cccc(C(C)(O)C(F)(F)F)c1. The number of nitrogens with zero attached hydrogens (tertiary/aromatic N) is 4. The van der Waals surface area contributed by atoms with Gasteiger partial charge in [0.15, 0.2) is 5.60 Å². The molecule has 0 spiro atoms. The molecule has 0 amide bonds. The van der Waals surface area contributed by atoms with Crippen LogP contribution in [0, 0.1) is 11.3 Å². The van der Waals surface area contributed by atoms with Crippen LogP contribution in [0.4, 0.5) is 18.9 Å². The van der Waals surface area contributed by atoms with Crippen LogP contribution in [0.15, 0.2) is 47.5 Å².